The monoisotopic (exact) mass is 324 g/mol. The third kappa shape index (κ3) is 4.61. The Morgan fingerprint density at radius 1 is 0.833 bits per heavy atom. The highest BCUT2D eigenvalue weighted by atomic mass is 15.1. The van der Waals surface area contributed by atoms with Crippen LogP contribution in [0, 0.1) is 0 Å². The maximum atomic E-state index is 6.06. The van der Waals surface area contributed by atoms with Gasteiger partial charge in [-0.2, -0.15) is 0 Å². The Labute approximate surface area is 147 Å². The summed E-state index contributed by atoms with van der Waals surface area (Å²) in [6, 6.07) is 17.9. The molecule has 0 aliphatic rings. The van der Waals surface area contributed by atoms with Crippen molar-refractivity contribution in [3.05, 3.63) is 65.2 Å². The van der Waals surface area contributed by atoms with Gasteiger partial charge in [0, 0.05) is 24.7 Å². The minimum atomic E-state index is 0.380. The molecule has 0 aliphatic heterocycles. The molecule has 2 rings (SSSR count). The highest BCUT2D eigenvalue weighted by Crippen LogP contribution is 2.24. The van der Waals surface area contributed by atoms with E-state index in [0.717, 1.165) is 19.5 Å². The van der Waals surface area contributed by atoms with Crippen molar-refractivity contribution < 1.29 is 0 Å². The summed E-state index contributed by atoms with van der Waals surface area (Å²) in [6.07, 6.45) is 0.996. The molecule has 0 fully saturated rings. The zero-order valence-electron chi connectivity index (χ0n) is 15.6. The standard InChI is InChI=1S/C22H32N2/c1-5-24(6-2)22-13-7-18(8-14-22)15-21(16-23)20-11-9-19(10-12-20)17(3)4/h7-14,17,21H,5-6,15-16,23H2,1-4H3. The average molecular weight is 325 g/mol. The van der Waals surface area contributed by atoms with E-state index in [-0.39, 0.29) is 0 Å². The first-order chi connectivity index (χ1) is 11.6. The number of hydrogen-bond donors (Lipinski definition) is 1. The SMILES string of the molecule is CCN(CC)c1ccc(CC(CN)c2ccc(C(C)C)cc2)cc1. The maximum absolute atomic E-state index is 6.06. The number of benzene rings is 2. The van der Waals surface area contributed by atoms with E-state index < -0.39 is 0 Å². The van der Waals surface area contributed by atoms with Crippen LogP contribution < -0.4 is 10.6 Å². The van der Waals surface area contributed by atoms with Crippen molar-refractivity contribution in [1.82, 2.24) is 0 Å². The van der Waals surface area contributed by atoms with Gasteiger partial charge in [0.2, 0.25) is 0 Å². The third-order valence-corrected chi connectivity index (χ3v) is 4.91. The van der Waals surface area contributed by atoms with Crippen molar-refractivity contribution in [2.75, 3.05) is 24.5 Å². The number of rotatable bonds is 8. The zero-order valence-corrected chi connectivity index (χ0v) is 15.6. The van der Waals surface area contributed by atoms with E-state index in [1.807, 2.05) is 0 Å². The first-order valence-electron chi connectivity index (χ1n) is 9.22. The second-order valence-corrected chi connectivity index (χ2v) is 6.80. The minimum Gasteiger partial charge on any atom is -0.372 e. The van der Waals surface area contributed by atoms with Gasteiger partial charge in [0.1, 0.15) is 0 Å². The quantitative estimate of drug-likeness (QED) is 0.745. The Kier molecular flexibility index (Phi) is 6.86. The normalized spacial score (nSPS) is 12.4. The van der Waals surface area contributed by atoms with Crippen molar-refractivity contribution in [1.29, 1.82) is 0 Å². The van der Waals surface area contributed by atoms with Crippen LogP contribution in [0.2, 0.25) is 0 Å². The summed E-state index contributed by atoms with van der Waals surface area (Å²) < 4.78 is 0. The smallest absolute Gasteiger partial charge is 0.0366 e. The Hall–Kier alpha value is -1.80. The molecule has 2 heteroatoms. The minimum absolute atomic E-state index is 0.380. The van der Waals surface area contributed by atoms with E-state index in [2.05, 4.69) is 81.1 Å². The molecule has 24 heavy (non-hydrogen) atoms. The van der Waals surface area contributed by atoms with Gasteiger partial charge in [-0.05, 0) is 61.6 Å². The molecule has 130 valence electrons. The lowest BCUT2D eigenvalue weighted by Gasteiger charge is -2.22. The Morgan fingerprint density at radius 3 is 1.83 bits per heavy atom. The molecule has 1 atom stereocenters. The predicted octanol–water partition coefficient (Wildman–Crippen LogP) is 4.94. The predicted molar refractivity (Wildman–Crippen MR) is 106 cm³/mol. The van der Waals surface area contributed by atoms with Crippen LogP contribution >= 0.6 is 0 Å². The molecule has 0 amide bonds. The number of nitrogens with zero attached hydrogens (tertiary/aromatic N) is 1. The maximum Gasteiger partial charge on any atom is 0.0366 e. The zero-order chi connectivity index (χ0) is 17.5. The van der Waals surface area contributed by atoms with Crippen LogP contribution in [-0.4, -0.2) is 19.6 Å². The Morgan fingerprint density at radius 2 is 1.38 bits per heavy atom. The van der Waals surface area contributed by atoms with Crippen LogP contribution in [0.1, 0.15) is 56.2 Å². The first-order valence-corrected chi connectivity index (χ1v) is 9.22. The molecule has 2 N–H and O–H groups in total. The van der Waals surface area contributed by atoms with E-state index >= 15 is 0 Å². The average Bonchev–Trinajstić information content (AvgIpc) is 2.62. The van der Waals surface area contributed by atoms with Gasteiger partial charge in [-0.3, -0.25) is 0 Å². The summed E-state index contributed by atoms with van der Waals surface area (Å²) in [7, 11) is 0. The summed E-state index contributed by atoms with van der Waals surface area (Å²) in [4.78, 5) is 2.37. The van der Waals surface area contributed by atoms with Gasteiger partial charge in [0.25, 0.3) is 0 Å². The molecule has 2 nitrogen and oxygen atoms in total. The fourth-order valence-corrected chi connectivity index (χ4v) is 3.21. The van der Waals surface area contributed by atoms with E-state index in [0.29, 0.717) is 18.4 Å². The Balaban J connectivity index is 2.09. The van der Waals surface area contributed by atoms with Crippen molar-refractivity contribution in [2.24, 2.45) is 5.73 Å². The number of hydrogen-bond acceptors (Lipinski definition) is 2. The number of anilines is 1. The summed E-state index contributed by atoms with van der Waals surface area (Å²) in [5.74, 6) is 0.952. The summed E-state index contributed by atoms with van der Waals surface area (Å²) in [5, 5.41) is 0. The molecule has 0 spiro atoms. The lowest BCUT2D eigenvalue weighted by atomic mass is 9.90. The van der Waals surface area contributed by atoms with Crippen molar-refractivity contribution in [3.63, 3.8) is 0 Å². The molecule has 0 bridgehead atoms. The van der Waals surface area contributed by atoms with E-state index in [1.165, 1.54) is 22.4 Å². The van der Waals surface area contributed by atoms with E-state index in [4.69, 9.17) is 5.73 Å². The molecule has 2 aromatic rings. The van der Waals surface area contributed by atoms with Crippen LogP contribution in [0.15, 0.2) is 48.5 Å². The fourth-order valence-electron chi connectivity index (χ4n) is 3.21. The highest BCUT2D eigenvalue weighted by molar-refractivity contribution is 5.47. The molecule has 0 saturated heterocycles. The van der Waals surface area contributed by atoms with Crippen LogP contribution in [0.25, 0.3) is 0 Å². The third-order valence-electron chi connectivity index (χ3n) is 4.91. The van der Waals surface area contributed by atoms with Crippen molar-refractivity contribution in [2.45, 2.75) is 46.0 Å². The topological polar surface area (TPSA) is 29.3 Å². The molecule has 1 unspecified atom stereocenters. The fraction of sp³-hybridized carbons (Fsp3) is 0.455. The second-order valence-electron chi connectivity index (χ2n) is 6.80. The highest BCUT2D eigenvalue weighted by Gasteiger charge is 2.12. The summed E-state index contributed by atoms with van der Waals surface area (Å²) in [6.45, 7) is 11.6. The molecule has 2 aromatic carbocycles. The molecular formula is C22H32N2. The lowest BCUT2D eigenvalue weighted by molar-refractivity contribution is 0.693. The van der Waals surface area contributed by atoms with Crippen molar-refractivity contribution >= 4 is 5.69 Å². The molecule has 0 saturated carbocycles. The van der Waals surface area contributed by atoms with Crippen LogP contribution in [-0.2, 0) is 6.42 Å². The van der Waals surface area contributed by atoms with E-state index in [1.54, 1.807) is 0 Å². The van der Waals surface area contributed by atoms with Gasteiger partial charge < -0.3 is 10.6 Å². The molecule has 0 aromatic heterocycles. The van der Waals surface area contributed by atoms with Crippen molar-refractivity contribution in [3.8, 4) is 0 Å². The molecule has 0 heterocycles. The largest absolute Gasteiger partial charge is 0.372 e. The number of nitrogens with two attached hydrogens (primary N) is 1. The second kappa shape index (κ2) is 8.89. The van der Waals surface area contributed by atoms with Crippen LogP contribution in [0.5, 0.6) is 0 Å². The van der Waals surface area contributed by atoms with Gasteiger partial charge in [0.15, 0.2) is 0 Å². The summed E-state index contributed by atoms with van der Waals surface area (Å²) >= 11 is 0. The van der Waals surface area contributed by atoms with Gasteiger partial charge >= 0.3 is 0 Å². The lowest BCUT2D eigenvalue weighted by Crippen LogP contribution is -2.21. The van der Waals surface area contributed by atoms with Gasteiger partial charge in [0.05, 0.1) is 0 Å². The first kappa shape index (κ1) is 18.5. The van der Waals surface area contributed by atoms with Gasteiger partial charge in [-0.15, -0.1) is 0 Å². The molecule has 0 radical (unpaired) electrons. The van der Waals surface area contributed by atoms with E-state index in [9.17, 15) is 0 Å². The van der Waals surface area contributed by atoms with Gasteiger partial charge in [-0.25, -0.2) is 0 Å². The summed E-state index contributed by atoms with van der Waals surface area (Å²) in [5.41, 5.74) is 11.4. The van der Waals surface area contributed by atoms with Crippen LogP contribution in [0.3, 0.4) is 0 Å². The van der Waals surface area contributed by atoms with Crippen LogP contribution in [0.4, 0.5) is 5.69 Å². The van der Waals surface area contributed by atoms with Gasteiger partial charge in [-0.1, -0.05) is 50.2 Å². The Bertz CT molecular complexity index is 595. The molecule has 0 aliphatic carbocycles. The molecular weight excluding hydrogens is 292 g/mol.